The van der Waals surface area contributed by atoms with E-state index in [1.807, 2.05) is 10.7 Å². The van der Waals surface area contributed by atoms with E-state index >= 15 is 0 Å². The van der Waals surface area contributed by atoms with Crippen molar-refractivity contribution in [1.82, 2.24) is 15.2 Å². The number of aromatic nitrogens is 2. The van der Waals surface area contributed by atoms with E-state index in [0.29, 0.717) is 0 Å². The summed E-state index contributed by atoms with van der Waals surface area (Å²) in [5.74, 6) is 6.50. The first-order chi connectivity index (χ1) is 9.17. The summed E-state index contributed by atoms with van der Waals surface area (Å²) >= 11 is 1.73. The lowest BCUT2D eigenvalue weighted by atomic mass is 10.1. The van der Waals surface area contributed by atoms with Gasteiger partial charge in [-0.15, -0.1) is 11.3 Å². The van der Waals surface area contributed by atoms with Crippen molar-refractivity contribution < 1.29 is 4.74 Å². The molecular formula is C13H20N4OS. The average Bonchev–Trinajstić information content (AvgIpc) is 3.04. The van der Waals surface area contributed by atoms with Gasteiger partial charge in [0.05, 0.1) is 25.0 Å². The Morgan fingerprint density at radius 1 is 1.53 bits per heavy atom. The van der Waals surface area contributed by atoms with E-state index in [-0.39, 0.29) is 12.1 Å². The first-order valence-corrected chi connectivity index (χ1v) is 7.15. The van der Waals surface area contributed by atoms with Crippen LogP contribution in [0, 0.1) is 0 Å². The Morgan fingerprint density at radius 3 is 2.84 bits per heavy atom. The monoisotopic (exact) mass is 280 g/mol. The third kappa shape index (κ3) is 2.97. The molecule has 0 aromatic carbocycles. The standard InChI is InChI=1S/C13H20N4OS/c1-9(2)17-13(12(18-3)8-15-17)11(16-14)7-10-5-4-6-19-10/h4-6,8-9,11,16H,7,14H2,1-3H3. The second kappa shape index (κ2) is 6.18. The maximum absolute atomic E-state index is 5.73. The highest BCUT2D eigenvalue weighted by Crippen LogP contribution is 2.30. The van der Waals surface area contributed by atoms with Gasteiger partial charge in [-0.05, 0) is 25.3 Å². The number of nitrogens with two attached hydrogens (primary N) is 1. The van der Waals surface area contributed by atoms with Crippen molar-refractivity contribution in [3.8, 4) is 5.75 Å². The Hall–Kier alpha value is -1.37. The second-order valence-corrected chi connectivity index (χ2v) is 5.67. The van der Waals surface area contributed by atoms with Crippen molar-refractivity contribution in [2.45, 2.75) is 32.4 Å². The lowest BCUT2D eigenvalue weighted by Crippen LogP contribution is -2.32. The van der Waals surface area contributed by atoms with Crippen LogP contribution in [-0.2, 0) is 6.42 Å². The molecule has 3 N–H and O–H groups in total. The van der Waals surface area contributed by atoms with Crippen LogP contribution >= 0.6 is 11.3 Å². The molecule has 0 aliphatic rings. The molecule has 2 heterocycles. The van der Waals surface area contributed by atoms with Crippen LogP contribution in [0.3, 0.4) is 0 Å². The van der Waals surface area contributed by atoms with Crippen molar-refractivity contribution in [1.29, 1.82) is 0 Å². The molecule has 2 rings (SSSR count). The fourth-order valence-corrected chi connectivity index (χ4v) is 2.87. The topological polar surface area (TPSA) is 65.1 Å². The Labute approximate surface area is 117 Å². The van der Waals surface area contributed by atoms with Crippen LogP contribution in [0.4, 0.5) is 0 Å². The molecular weight excluding hydrogens is 260 g/mol. The van der Waals surface area contributed by atoms with Crippen LogP contribution in [0.25, 0.3) is 0 Å². The largest absolute Gasteiger partial charge is 0.493 e. The number of nitrogens with one attached hydrogen (secondary N) is 1. The van der Waals surface area contributed by atoms with Crippen molar-refractivity contribution in [3.63, 3.8) is 0 Å². The SMILES string of the molecule is COc1cnn(C(C)C)c1C(Cc1cccs1)NN. The molecule has 0 saturated heterocycles. The van der Waals surface area contributed by atoms with Gasteiger partial charge in [0.2, 0.25) is 0 Å². The van der Waals surface area contributed by atoms with Crippen molar-refractivity contribution in [2.24, 2.45) is 5.84 Å². The summed E-state index contributed by atoms with van der Waals surface area (Å²) in [5, 5.41) is 6.45. The lowest BCUT2D eigenvalue weighted by Gasteiger charge is -2.20. The van der Waals surface area contributed by atoms with E-state index in [0.717, 1.165) is 17.9 Å². The third-order valence-electron chi connectivity index (χ3n) is 3.02. The molecule has 2 aromatic rings. The van der Waals surface area contributed by atoms with Gasteiger partial charge in [0.15, 0.2) is 5.75 Å². The Kier molecular flexibility index (Phi) is 4.57. The zero-order valence-corrected chi connectivity index (χ0v) is 12.3. The molecule has 5 nitrogen and oxygen atoms in total. The quantitative estimate of drug-likeness (QED) is 0.629. The van der Waals surface area contributed by atoms with E-state index in [4.69, 9.17) is 10.6 Å². The zero-order chi connectivity index (χ0) is 13.8. The number of hydrazine groups is 1. The van der Waals surface area contributed by atoms with Gasteiger partial charge >= 0.3 is 0 Å². The molecule has 0 aliphatic carbocycles. The molecule has 0 saturated carbocycles. The summed E-state index contributed by atoms with van der Waals surface area (Å²) in [6.45, 7) is 4.18. The molecule has 0 fully saturated rings. The highest BCUT2D eigenvalue weighted by Gasteiger charge is 2.23. The number of rotatable bonds is 6. The van der Waals surface area contributed by atoms with Crippen LogP contribution in [0.5, 0.6) is 5.75 Å². The maximum atomic E-state index is 5.73. The van der Waals surface area contributed by atoms with Crippen LogP contribution in [-0.4, -0.2) is 16.9 Å². The number of hydrogen-bond acceptors (Lipinski definition) is 5. The summed E-state index contributed by atoms with van der Waals surface area (Å²) in [7, 11) is 1.66. The van der Waals surface area contributed by atoms with Crippen LogP contribution < -0.4 is 16.0 Å². The number of thiophene rings is 1. The summed E-state index contributed by atoms with van der Waals surface area (Å²) in [5.41, 5.74) is 3.87. The van der Waals surface area contributed by atoms with Crippen LogP contribution in [0.2, 0.25) is 0 Å². The number of ether oxygens (including phenoxy) is 1. The van der Waals surface area contributed by atoms with E-state index < -0.39 is 0 Å². The lowest BCUT2D eigenvalue weighted by molar-refractivity contribution is 0.384. The van der Waals surface area contributed by atoms with E-state index in [2.05, 4.69) is 35.8 Å². The van der Waals surface area contributed by atoms with Gasteiger partial charge in [0, 0.05) is 17.3 Å². The molecule has 0 amide bonds. The van der Waals surface area contributed by atoms with Crippen LogP contribution in [0.15, 0.2) is 23.7 Å². The Balaban J connectivity index is 2.33. The first kappa shape index (κ1) is 14.0. The normalized spacial score (nSPS) is 12.9. The molecule has 1 atom stereocenters. The van der Waals surface area contributed by atoms with Gasteiger partial charge < -0.3 is 4.74 Å². The van der Waals surface area contributed by atoms with Crippen molar-refractivity contribution in [2.75, 3.05) is 7.11 Å². The predicted octanol–water partition coefficient (Wildman–Crippen LogP) is 2.28. The van der Waals surface area contributed by atoms with Gasteiger partial charge in [-0.25, -0.2) is 0 Å². The van der Waals surface area contributed by atoms with Gasteiger partial charge in [0.1, 0.15) is 0 Å². The molecule has 0 spiro atoms. The molecule has 19 heavy (non-hydrogen) atoms. The second-order valence-electron chi connectivity index (χ2n) is 4.64. The minimum Gasteiger partial charge on any atom is -0.493 e. The Morgan fingerprint density at radius 2 is 2.32 bits per heavy atom. The van der Waals surface area contributed by atoms with Gasteiger partial charge in [-0.3, -0.25) is 16.0 Å². The molecule has 2 aromatic heterocycles. The summed E-state index contributed by atoms with van der Waals surface area (Å²) < 4.78 is 7.36. The summed E-state index contributed by atoms with van der Waals surface area (Å²) in [6, 6.07) is 4.40. The van der Waals surface area contributed by atoms with E-state index in [1.54, 1.807) is 24.6 Å². The Bertz CT molecular complexity index is 507. The number of methoxy groups -OCH3 is 1. The molecule has 0 bridgehead atoms. The summed E-state index contributed by atoms with van der Waals surface area (Å²) in [4.78, 5) is 1.28. The highest BCUT2D eigenvalue weighted by atomic mass is 32.1. The molecule has 1 unspecified atom stereocenters. The number of hydrogen-bond donors (Lipinski definition) is 2. The van der Waals surface area contributed by atoms with Crippen LogP contribution in [0.1, 0.15) is 36.5 Å². The minimum atomic E-state index is -0.0153. The smallest absolute Gasteiger partial charge is 0.161 e. The van der Waals surface area contributed by atoms with E-state index in [9.17, 15) is 0 Å². The molecule has 0 radical (unpaired) electrons. The first-order valence-electron chi connectivity index (χ1n) is 6.27. The van der Waals surface area contributed by atoms with Gasteiger partial charge in [0.25, 0.3) is 0 Å². The minimum absolute atomic E-state index is 0.0153. The number of nitrogens with zero attached hydrogens (tertiary/aromatic N) is 2. The third-order valence-corrected chi connectivity index (χ3v) is 3.92. The van der Waals surface area contributed by atoms with Crippen molar-refractivity contribution in [3.05, 3.63) is 34.3 Å². The molecule has 6 heteroatoms. The zero-order valence-electron chi connectivity index (χ0n) is 11.5. The highest BCUT2D eigenvalue weighted by molar-refractivity contribution is 7.09. The van der Waals surface area contributed by atoms with Gasteiger partial charge in [-0.1, -0.05) is 6.07 Å². The fraction of sp³-hybridized carbons (Fsp3) is 0.462. The molecule has 0 aliphatic heterocycles. The van der Waals surface area contributed by atoms with Crippen molar-refractivity contribution >= 4 is 11.3 Å². The maximum Gasteiger partial charge on any atom is 0.161 e. The predicted molar refractivity (Wildman–Crippen MR) is 77.3 cm³/mol. The van der Waals surface area contributed by atoms with E-state index in [1.165, 1.54) is 4.88 Å². The summed E-state index contributed by atoms with van der Waals surface area (Å²) in [6.07, 6.45) is 2.57. The van der Waals surface area contributed by atoms with Gasteiger partial charge in [-0.2, -0.15) is 5.10 Å². The molecule has 104 valence electrons. The average molecular weight is 280 g/mol. The fourth-order valence-electron chi connectivity index (χ4n) is 2.12.